The van der Waals surface area contributed by atoms with Crippen LogP contribution in [0.2, 0.25) is 0 Å². The number of H-pyrrole nitrogens is 1. The summed E-state index contributed by atoms with van der Waals surface area (Å²) in [4.78, 5) is 24.9. The summed E-state index contributed by atoms with van der Waals surface area (Å²) in [7, 11) is 0. The van der Waals surface area contributed by atoms with Crippen molar-refractivity contribution < 1.29 is 9.90 Å². The molecule has 0 amide bonds. The Morgan fingerprint density at radius 3 is 3.08 bits per heavy atom. The first-order chi connectivity index (χ1) is 6.16. The van der Waals surface area contributed by atoms with Crippen molar-refractivity contribution in [3.63, 3.8) is 0 Å². The van der Waals surface area contributed by atoms with Gasteiger partial charge in [-0.25, -0.2) is 9.31 Å². The SMILES string of the molecule is O=C(O)c1cc2nc(=O)ccn2[nH]1. The third-order valence-electron chi connectivity index (χ3n) is 1.58. The van der Waals surface area contributed by atoms with Gasteiger partial charge in [-0.05, 0) is 0 Å². The summed E-state index contributed by atoms with van der Waals surface area (Å²) < 4.78 is 1.37. The lowest BCUT2D eigenvalue weighted by atomic mass is 10.4. The zero-order chi connectivity index (χ0) is 9.42. The molecule has 2 N–H and O–H groups in total. The number of aromatic amines is 1. The molecule has 2 heterocycles. The molecule has 0 aromatic carbocycles. The fourth-order valence-corrected chi connectivity index (χ4v) is 1.02. The van der Waals surface area contributed by atoms with Crippen LogP contribution < -0.4 is 5.56 Å². The van der Waals surface area contributed by atoms with Crippen molar-refractivity contribution in [3.8, 4) is 0 Å². The molecule has 2 aromatic heterocycles. The molecule has 0 aliphatic heterocycles. The number of rotatable bonds is 1. The number of aromatic nitrogens is 3. The molecule has 0 bridgehead atoms. The maximum atomic E-state index is 10.8. The fraction of sp³-hybridized carbons (Fsp3) is 0. The topological polar surface area (TPSA) is 87.5 Å². The average molecular weight is 179 g/mol. The molecule has 2 aromatic rings. The van der Waals surface area contributed by atoms with Crippen LogP contribution in [0.4, 0.5) is 0 Å². The minimum absolute atomic E-state index is 0.00176. The molecule has 6 heteroatoms. The molecule has 0 radical (unpaired) electrons. The molecule has 13 heavy (non-hydrogen) atoms. The van der Waals surface area contributed by atoms with E-state index in [-0.39, 0.29) is 5.69 Å². The minimum Gasteiger partial charge on any atom is -0.477 e. The number of nitrogens with one attached hydrogen (secondary N) is 1. The van der Waals surface area contributed by atoms with Crippen LogP contribution in [0.1, 0.15) is 10.5 Å². The van der Waals surface area contributed by atoms with E-state index in [2.05, 4.69) is 10.1 Å². The first kappa shape index (κ1) is 7.53. The molecule has 66 valence electrons. The second-order valence-corrected chi connectivity index (χ2v) is 2.47. The molecule has 2 rings (SSSR count). The zero-order valence-electron chi connectivity index (χ0n) is 6.39. The summed E-state index contributed by atoms with van der Waals surface area (Å²) in [5.41, 5.74) is -0.0982. The lowest BCUT2D eigenvalue weighted by Crippen LogP contribution is -2.05. The second-order valence-electron chi connectivity index (χ2n) is 2.47. The highest BCUT2D eigenvalue weighted by molar-refractivity contribution is 5.86. The molecule has 0 fully saturated rings. The summed E-state index contributed by atoms with van der Waals surface area (Å²) in [6.07, 6.45) is 1.43. The van der Waals surface area contributed by atoms with E-state index in [1.807, 2.05) is 0 Å². The van der Waals surface area contributed by atoms with Gasteiger partial charge in [0.15, 0.2) is 5.65 Å². The zero-order valence-corrected chi connectivity index (χ0v) is 6.39. The number of hydrogen-bond acceptors (Lipinski definition) is 3. The van der Waals surface area contributed by atoms with Crippen molar-refractivity contribution in [2.75, 3.05) is 0 Å². The van der Waals surface area contributed by atoms with Gasteiger partial charge in [-0.2, -0.15) is 4.98 Å². The Bertz CT molecular complexity index is 525. The molecular weight excluding hydrogens is 174 g/mol. The van der Waals surface area contributed by atoms with Gasteiger partial charge in [0.05, 0.1) is 0 Å². The summed E-state index contributed by atoms with van der Waals surface area (Å²) in [5.74, 6) is -1.09. The van der Waals surface area contributed by atoms with Crippen LogP contribution in [0.3, 0.4) is 0 Å². The number of fused-ring (bicyclic) bond motifs is 1. The van der Waals surface area contributed by atoms with E-state index >= 15 is 0 Å². The Morgan fingerprint density at radius 2 is 2.38 bits per heavy atom. The van der Waals surface area contributed by atoms with Gasteiger partial charge in [-0.1, -0.05) is 0 Å². The van der Waals surface area contributed by atoms with Gasteiger partial charge in [0, 0.05) is 18.3 Å². The summed E-state index contributed by atoms with van der Waals surface area (Å²) in [6.45, 7) is 0. The van der Waals surface area contributed by atoms with Crippen LogP contribution in [0, 0.1) is 0 Å². The molecule has 6 nitrogen and oxygen atoms in total. The molecule has 0 aliphatic rings. The van der Waals surface area contributed by atoms with Crippen molar-refractivity contribution in [2.45, 2.75) is 0 Å². The fourth-order valence-electron chi connectivity index (χ4n) is 1.02. The van der Waals surface area contributed by atoms with Gasteiger partial charge in [0.1, 0.15) is 5.69 Å². The van der Waals surface area contributed by atoms with Crippen LogP contribution in [0.15, 0.2) is 23.1 Å². The van der Waals surface area contributed by atoms with E-state index in [9.17, 15) is 9.59 Å². The highest BCUT2D eigenvalue weighted by atomic mass is 16.4. The third-order valence-corrected chi connectivity index (χ3v) is 1.58. The molecule has 0 saturated carbocycles. The Labute approximate surface area is 71.4 Å². The Balaban J connectivity index is 2.75. The lowest BCUT2D eigenvalue weighted by molar-refractivity contribution is 0.0690. The molecule has 0 saturated heterocycles. The number of nitrogens with zero attached hydrogens (tertiary/aromatic N) is 2. The van der Waals surface area contributed by atoms with Crippen LogP contribution in [-0.2, 0) is 0 Å². The molecule has 0 atom stereocenters. The van der Waals surface area contributed by atoms with Gasteiger partial charge in [0.25, 0.3) is 5.56 Å². The average Bonchev–Trinajstić information content (AvgIpc) is 2.46. The highest BCUT2D eigenvalue weighted by Crippen LogP contribution is 2.00. The highest BCUT2D eigenvalue weighted by Gasteiger charge is 2.06. The van der Waals surface area contributed by atoms with Crippen molar-refractivity contribution in [2.24, 2.45) is 0 Å². The quantitative estimate of drug-likeness (QED) is 0.630. The Hall–Kier alpha value is -2.11. The first-order valence-electron chi connectivity index (χ1n) is 3.48. The molecular formula is C7H5N3O3. The smallest absolute Gasteiger partial charge is 0.353 e. The van der Waals surface area contributed by atoms with Gasteiger partial charge in [-0.15, -0.1) is 0 Å². The van der Waals surface area contributed by atoms with E-state index in [1.54, 1.807) is 0 Å². The normalized spacial score (nSPS) is 10.5. The van der Waals surface area contributed by atoms with Gasteiger partial charge < -0.3 is 5.11 Å². The summed E-state index contributed by atoms with van der Waals surface area (Å²) in [6, 6.07) is 2.54. The largest absolute Gasteiger partial charge is 0.477 e. The minimum atomic E-state index is -1.09. The Kier molecular flexibility index (Phi) is 1.42. The first-order valence-corrected chi connectivity index (χ1v) is 3.48. The van der Waals surface area contributed by atoms with Crippen molar-refractivity contribution >= 4 is 11.6 Å². The van der Waals surface area contributed by atoms with E-state index in [4.69, 9.17) is 5.11 Å². The molecule has 0 aliphatic carbocycles. The van der Waals surface area contributed by atoms with E-state index in [1.165, 1.54) is 22.8 Å². The monoisotopic (exact) mass is 179 g/mol. The maximum absolute atomic E-state index is 10.8. The molecule has 0 spiro atoms. The van der Waals surface area contributed by atoms with Crippen LogP contribution in [-0.4, -0.2) is 25.7 Å². The number of carboxylic acids is 1. The van der Waals surface area contributed by atoms with E-state index in [0.717, 1.165) is 0 Å². The van der Waals surface area contributed by atoms with Crippen LogP contribution >= 0.6 is 0 Å². The van der Waals surface area contributed by atoms with E-state index in [0.29, 0.717) is 5.65 Å². The Morgan fingerprint density at radius 1 is 1.62 bits per heavy atom. The molecule has 0 unspecified atom stereocenters. The summed E-state index contributed by atoms with van der Waals surface area (Å²) >= 11 is 0. The number of carboxylic acid groups (broad SMARTS) is 1. The van der Waals surface area contributed by atoms with Crippen LogP contribution in [0.25, 0.3) is 5.65 Å². The van der Waals surface area contributed by atoms with Crippen LogP contribution in [0.5, 0.6) is 0 Å². The van der Waals surface area contributed by atoms with Crippen molar-refractivity contribution in [1.29, 1.82) is 0 Å². The lowest BCUT2D eigenvalue weighted by Gasteiger charge is -1.88. The second kappa shape index (κ2) is 2.44. The van der Waals surface area contributed by atoms with Gasteiger partial charge in [0.2, 0.25) is 0 Å². The number of aromatic carboxylic acids is 1. The number of hydrogen-bond donors (Lipinski definition) is 2. The number of carbonyl (C=O) groups is 1. The van der Waals surface area contributed by atoms with E-state index < -0.39 is 11.5 Å². The third kappa shape index (κ3) is 1.18. The van der Waals surface area contributed by atoms with Crippen molar-refractivity contribution in [1.82, 2.24) is 14.6 Å². The predicted molar refractivity (Wildman–Crippen MR) is 42.8 cm³/mol. The predicted octanol–water partition coefficient (Wildman–Crippen LogP) is -0.279. The maximum Gasteiger partial charge on any atom is 0.353 e. The van der Waals surface area contributed by atoms with Crippen molar-refractivity contribution in [3.05, 3.63) is 34.4 Å². The standard InChI is InChI=1S/C7H5N3O3/c11-6-1-2-10-5(8-6)3-4(9-10)7(12)13/h1-3,9H,(H,12,13). The van der Waals surface area contributed by atoms with Gasteiger partial charge >= 0.3 is 5.97 Å². The summed E-state index contributed by atoms with van der Waals surface area (Å²) in [5, 5.41) is 11.1. The van der Waals surface area contributed by atoms with Gasteiger partial charge in [-0.3, -0.25) is 9.89 Å².